The minimum Gasteiger partial charge on any atom is -0.267 e. The second-order valence-electron chi connectivity index (χ2n) is 2.36. The van der Waals surface area contributed by atoms with Gasteiger partial charge in [-0.05, 0) is 6.08 Å². The van der Waals surface area contributed by atoms with Crippen LogP contribution in [0.1, 0.15) is 0 Å². The van der Waals surface area contributed by atoms with Crippen LogP contribution in [-0.2, 0) is 4.79 Å². The number of allylic oxidation sites excluding steroid dienone is 1. The van der Waals surface area contributed by atoms with Gasteiger partial charge in [-0.25, -0.2) is 4.99 Å². The summed E-state index contributed by atoms with van der Waals surface area (Å²) < 4.78 is 0. The number of carbonyl (C=O) groups excluding carboxylic acids is 1. The van der Waals surface area contributed by atoms with Gasteiger partial charge in [0.05, 0.1) is 5.92 Å². The highest BCUT2D eigenvalue weighted by Crippen LogP contribution is 2.13. The lowest BCUT2D eigenvalue weighted by molar-refractivity contribution is -0.113. The standard InChI is InChI=1S/C8H6N2O/c11-7-4-3-6-2-1-5-9-8(6)10-7/h1-6H. The van der Waals surface area contributed by atoms with Crippen LogP contribution in [0.2, 0.25) is 0 Å². The molecule has 0 aromatic carbocycles. The molecule has 0 aromatic rings. The van der Waals surface area contributed by atoms with Crippen LogP contribution in [0.3, 0.4) is 0 Å². The van der Waals surface area contributed by atoms with Crippen LogP contribution in [0.4, 0.5) is 0 Å². The van der Waals surface area contributed by atoms with E-state index in [2.05, 4.69) is 9.98 Å². The maximum Gasteiger partial charge on any atom is 0.271 e. The summed E-state index contributed by atoms with van der Waals surface area (Å²) in [6.45, 7) is 0. The zero-order valence-electron chi connectivity index (χ0n) is 5.77. The van der Waals surface area contributed by atoms with Gasteiger partial charge >= 0.3 is 0 Å². The van der Waals surface area contributed by atoms with Crippen molar-refractivity contribution >= 4 is 18.0 Å². The molecule has 1 amide bonds. The fraction of sp³-hybridized carbons (Fsp3) is 0.125. The minimum absolute atomic E-state index is 0.109. The molecule has 1 unspecified atom stereocenters. The van der Waals surface area contributed by atoms with Gasteiger partial charge in [-0.15, -0.1) is 0 Å². The first-order valence-electron chi connectivity index (χ1n) is 3.38. The minimum atomic E-state index is -0.219. The molecule has 2 aliphatic heterocycles. The Morgan fingerprint density at radius 2 is 2.27 bits per heavy atom. The van der Waals surface area contributed by atoms with Crippen LogP contribution < -0.4 is 0 Å². The maximum absolute atomic E-state index is 10.7. The van der Waals surface area contributed by atoms with E-state index in [1.165, 1.54) is 6.08 Å². The third kappa shape index (κ3) is 1.05. The summed E-state index contributed by atoms with van der Waals surface area (Å²) in [5.74, 6) is 0.487. The predicted octanol–water partition coefficient (Wildman–Crippen LogP) is 0.738. The molecular formula is C8H6N2O. The summed E-state index contributed by atoms with van der Waals surface area (Å²) in [7, 11) is 0. The van der Waals surface area contributed by atoms with Crippen LogP contribution in [-0.4, -0.2) is 18.0 Å². The quantitative estimate of drug-likeness (QED) is 0.497. The topological polar surface area (TPSA) is 41.8 Å². The zero-order chi connectivity index (χ0) is 7.68. The van der Waals surface area contributed by atoms with Gasteiger partial charge in [-0.2, -0.15) is 4.99 Å². The Labute approximate surface area is 63.9 Å². The highest BCUT2D eigenvalue weighted by atomic mass is 16.1. The maximum atomic E-state index is 10.7. The van der Waals surface area contributed by atoms with E-state index in [1.54, 1.807) is 12.3 Å². The number of amidine groups is 1. The fourth-order valence-corrected chi connectivity index (χ4v) is 1.05. The van der Waals surface area contributed by atoms with Crippen molar-refractivity contribution in [2.75, 3.05) is 0 Å². The first kappa shape index (κ1) is 6.22. The number of rotatable bonds is 0. The monoisotopic (exact) mass is 146 g/mol. The Hall–Kier alpha value is -1.51. The van der Waals surface area contributed by atoms with Gasteiger partial charge in [-0.1, -0.05) is 12.2 Å². The molecule has 2 aliphatic rings. The van der Waals surface area contributed by atoms with Crippen molar-refractivity contribution in [2.24, 2.45) is 15.9 Å². The van der Waals surface area contributed by atoms with Gasteiger partial charge in [0.25, 0.3) is 5.91 Å². The molecule has 3 heteroatoms. The molecular weight excluding hydrogens is 140 g/mol. The van der Waals surface area contributed by atoms with E-state index in [0.29, 0.717) is 5.84 Å². The smallest absolute Gasteiger partial charge is 0.267 e. The van der Waals surface area contributed by atoms with E-state index in [1.807, 2.05) is 12.2 Å². The SMILES string of the molecule is O=C1C=CC2C=CC=NC2=N1. The molecule has 0 aliphatic carbocycles. The molecule has 0 N–H and O–H groups in total. The lowest BCUT2D eigenvalue weighted by Gasteiger charge is -2.12. The third-order valence-electron chi connectivity index (χ3n) is 1.58. The number of hydrogen-bond acceptors (Lipinski definition) is 2. The van der Waals surface area contributed by atoms with Crippen LogP contribution in [0, 0.1) is 5.92 Å². The highest BCUT2D eigenvalue weighted by molar-refractivity contribution is 6.08. The molecule has 0 radical (unpaired) electrons. The van der Waals surface area contributed by atoms with Crippen LogP contribution in [0.15, 0.2) is 34.3 Å². The largest absolute Gasteiger partial charge is 0.271 e. The summed E-state index contributed by atoms with van der Waals surface area (Å²) in [6.07, 6.45) is 8.72. The molecule has 2 rings (SSSR count). The lowest BCUT2D eigenvalue weighted by atomic mass is 10.0. The first-order valence-corrected chi connectivity index (χ1v) is 3.38. The second-order valence-corrected chi connectivity index (χ2v) is 2.36. The molecule has 54 valence electrons. The van der Waals surface area contributed by atoms with E-state index in [4.69, 9.17) is 0 Å². The van der Waals surface area contributed by atoms with Gasteiger partial charge in [0.2, 0.25) is 0 Å². The van der Waals surface area contributed by atoms with Gasteiger partial charge in [0, 0.05) is 12.3 Å². The van der Waals surface area contributed by atoms with E-state index < -0.39 is 0 Å². The molecule has 0 saturated heterocycles. The summed E-state index contributed by atoms with van der Waals surface area (Å²) >= 11 is 0. The number of fused-ring (bicyclic) bond motifs is 1. The van der Waals surface area contributed by atoms with Gasteiger partial charge in [0.1, 0.15) is 5.84 Å². The molecule has 2 heterocycles. The average Bonchev–Trinajstić information content (AvgIpc) is 2.04. The number of amides is 1. The molecule has 1 atom stereocenters. The molecule has 0 fully saturated rings. The summed E-state index contributed by atoms with van der Waals surface area (Å²) in [5, 5.41) is 0. The Morgan fingerprint density at radius 3 is 3.18 bits per heavy atom. The number of carbonyl (C=O) groups is 1. The van der Waals surface area contributed by atoms with E-state index in [9.17, 15) is 4.79 Å². The van der Waals surface area contributed by atoms with Gasteiger partial charge in [-0.3, -0.25) is 4.79 Å². The number of dihydropyridines is 2. The summed E-state index contributed by atoms with van der Waals surface area (Å²) in [5.41, 5.74) is 0. The number of hydrogen-bond donors (Lipinski definition) is 0. The Bertz CT molecular complexity index is 310. The van der Waals surface area contributed by atoms with Gasteiger partial charge in [0.15, 0.2) is 0 Å². The van der Waals surface area contributed by atoms with Crippen LogP contribution >= 0.6 is 0 Å². The Morgan fingerprint density at radius 1 is 1.36 bits per heavy atom. The lowest BCUT2D eigenvalue weighted by Crippen LogP contribution is -2.16. The van der Waals surface area contributed by atoms with Crippen molar-refractivity contribution in [3.63, 3.8) is 0 Å². The van der Waals surface area contributed by atoms with Crippen molar-refractivity contribution in [2.45, 2.75) is 0 Å². The van der Waals surface area contributed by atoms with E-state index in [-0.39, 0.29) is 11.8 Å². The molecule has 0 aromatic heterocycles. The van der Waals surface area contributed by atoms with Crippen LogP contribution in [0.25, 0.3) is 0 Å². The van der Waals surface area contributed by atoms with Crippen LogP contribution in [0.5, 0.6) is 0 Å². The molecule has 0 saturated carbocycles. The van der Waals surface area contributed by atoms with Crippen molar-refractivity contribution < 1.29 is 4.79 Å². The normalized spacial score (nSPS) is 26.7. The Kier molecular flexibility index (Phi) is 1.28. The Balaban J connectivity index is 2.39. The van der Waals surface area contributed by atoms with Crippen molar-refractivity contribution in [3.05, 3.63) is 24.3 Å². The molecule has 0 spiro atoms. The van der Waals surface area contributed by atoms with Crippen molar-refractivity contribution in [1.29, 1.82) is 0 Å². The van der Waals surface area contributed by atoms with Crippen molar-refractivity contribution in [1.82, 2.24) is 0 Å². The summed E-state index contributed by atoms with van der Waals surface area (Å²) in [6, 6.07) is 0. The molecule has 11 heavy (non-hydrogen) atoms. The molecule has 3 nitrogen and oxygen atoms in total. The second kappa shape index (κ2) is 2.27. The van der Waals surface area contributed by atoms with Gasteiger partial charge < -0.3 is 0 Å². The molecule has 0 bridgehead atoms. The highest BCUT2D eigenvalue weighted by Gasteiger charge is 2.15. The van der Waals surface area contributed by atoms with E-state index in [0.717, 1.165) is 0 Å². The predicted molar refractivity (Wildman–Crippen MR) is 42.7 cm³/mol. The number of nitrogens with zero attached hydrogens (tertiary/aromatic N) is 2. The average molecular weight is 146 g/mol. The van der Waals surface area contributed by atoms with Crippen molar-refractivity contribution in [3.8, 4) is 0 Å². The number of aliphatic imine (C=N–C) groups is 2. The fourth-order valence-electron chi connectivity index (χ4n) is 1.05. The van der Waals surface area contributed by atoms with E-state index >= 15 is 0 Å². The zero-order valence-corrected chi connectivity index (χ0v) is 5.77. The summed E-state index contributed by atoms with van der Waals surface area (Å²) in [4.78, 5) is 18.5. The third-order valence-corrected chi connectivity index (χ3v) is 1.58. The first-order chi connectivity index (χ1) is 5.36.